The molecule has 5 aromatic rings. The molecule has 0 radical (unpaired) electrons. The van der Waals surface area contributed by atoms with Gasteiger partial charge in [0, 0.05) is 35.9 Å². The Morgan fingerprint density at radius 2 is 0.667 bits per heavy atom. The molecule has 0 fully saturated rings. The number of hydrogen-bond donors (Lipinski definition) is 0. The van der Waals surface area contributed by atoms with Crippen molar-refractivity contribution in [2.75, 3.05) is 0 Å². The Bertz CT molecular complexity index is 1080. The molecule has 5 heteroatoms. The van der Waals surface area contributed by atoms with Gasteiger partial charge >= 0.3 is 0 Å². The van der Waals surface area contributed by atoms with Crippen LogP contribution in [0.3, 0.4) is 0 Å². The Hall–Kier alpha value is -3.86. The van der Waals surface area contributed by atoms with E-state index in [1.54, 1.807) is 24.8 Å². The van der Waals surface area contributed by atoms with Crippen molar-refractivity contribution in [3.05, 3.63) is 85.5 Å². The molecule has 130 valence electrons. The third kappa shape index (κ3) is 2.95. The highest BCUT2D eigenvalue weighted by Crippen LogP contribution is 2.34. The van der Waals surface area contributed by atoms with Crippen LogP contribution in [0.25, 0.3) is 45.7 Å². The summed E-state index contributed by atoms with van der Waals surface area (Å²) in [5.41, 5.74) is 1.94. The summed E-state index contributed by atoms with van der Waals surface area (Å²) in [4.78, 5) is 8.05. The molecular formula is C22H14N2O3. The summed E-state index contributed by atoms with van der Waals surface area (Å²) in [6.45, 7) is 0. The van der Waals surface area contributed by atoms with Crippen molar-refractivity contribution in [2.45, 2.75) is 0 Å². The molecule has 0 aliphatic heterocycles. The Morgan fingerprint density at radius 3 is 1.04 bits per heavy atom. The van der Waals surface area contributed by atoms with E-state index in [1.165, 1.54) is 0 Å². The third-order valence-electron chi connectivity index (χ3n) is 4.23. The van der Waals surface area contributed by atoms with Crippen molar-refractivity contribution in [3.63, 3.8) is 0 Å². The summed E-state index contributed by atoms with van der Waals surface area (Å²) < 4.78 is 17.8. The number of hydrogen-bond acceptors (Lipinski definition) is 5. The van der Waals surface area contributed by atoms with Crippen LogP contribution >= 0.6 is 0 Å². The normalized spacial score (nSPS) is 11.0. The summed E-state index contributed by atoms with van der Waals surface area (Å²) in [5, 5.41) is 0. The summed E-state index contributed by atoms with van der Waals surface area (Å²) >= 11 is 0. The van der Waals surface area contributed by atoms with Gasteiger partial charge < -0.3 is 13.3 Å². The average molecular weight is 354 g/mol. The molecule has 0 aliphatic carbocycles. The number of pyridine rings is 2. The van der Waals surface area contributed by atoms with Gasteiger partial charge in [-0.25, -0.2) is 0 Å². The van der Waals surface area contributed by atoms with Crippen molar-refractivity contribution in [2.24, 2.45) is 0 Å². The van der Waals surface area contributed by atoms with Gasteiger partial charge in [-0.2, -0.15) is 0 Å². The predicted octanol–water partition coefficient (Wildman–Crippen LogP) is 5.92. The van der Waals surface area contributed by atoms with Crippen molar-refractivity contribution >= 4 is 0 Å². The first-order valence-corrected chi connectivity index (χ1v) is 8.48. The van der Waals surface area contributed by atoms with E-state index < -0.39 is 0 Å². The third-order valence-corrected chi connectivity index (χ3v) is 4.23. The summed E-state index contributed by atoms with van der Waals surface area (Å²) in [5.74, 6) is 4.15. The molecule has 0 saturated carbocycles. The molecule has 5 rings (SSSR count). The minimum Gasteiger partial charge on any atom is -0.453 e. The van der Waals surface area contributed by atoms with Crippen LogP contribution in [0.15, 0.2) is 98.7 Å². The Morgan fingerprint density at radius 1 is 0.370 bits per heavy atom. The Balaban J connectivity index is 1.42. The molecule has 0 aromatic carbocycles. The molecule has 27 heavy (non-hydrogen) atoms. The van der Waals surface area contributed by atoms with Crippen LogP contribution in [0.2, 0.25) is 0 Å². The fourth-order valence-electron chi connectivity index (χ4n) is 2.89. The van der Waals surface area contributed by atoms with Crippen LogP contribution in [0.1, 0.15) is 0 Å². The largest absolute Gasteiger partial charge is 0.453 e. The van der Waals surface area contributed by atoms with Gasteiger partial charge in [-0.05, 0) is 60.7 Å². The molecule has 0 unspecified atom stereocenters. The van der Waals surface area contributed by atoms with E-state index in [0.29, 0.717) is 23.0 Å². The van der Waals surface area contributed by atoms with E-state index in [0.717, 1.165) is 22.6 Å². The van der Waals surface area contributed by atoms with Gasteiger partial charge in [0.25, 0.3) is 0 Å². The molecule has 5 nitrogen and oxygen atoms in total. The Labute approximate surface area is 154 Å². The maximum absolute atomic E-state index is 5.94. The molecule has 0 N–H and O–H groups in total. The lowest BCUT2D eigenvalue weighted by molar-refractivity contribution is 0.516. The number of aromatic nitrogens is 2. The fourth-order valence-corrected chi connectivity index (χ4v) is 2.89. The second-order valence-corrected chi connectivity index (χ2v) is 5.96. The maximum Gasteiger partial charge on any atom is 0.170 e. The Kier molecular flexibility index (Phi) is 3.68. The van der Waals surface area contributed by atoms with Crippen LogP contribution in [0, 0.1) is 0 Å². The second kappa shape index (κ2) is 6.46. The lowest BCUT2D eigenvalue weighted by atomic mass is 10.2. The molecule has 0 saturated heterocycles. The summed E-state index contributed by atoms with van der Waals surface area (Å²) in [6.07, 6.45) is 6.94. The summed E-state index contributed by atoms with van der Waals surface area (Å²) in [7, 11) is 0. The number of nitrogens with zero attached hydrogens (tertiary/aromatic N) is 2. The van der Waals surface area contributed by atoms with Crippen molar-refractivity contribution < 1.29 is 13.3 Å². The topological polar surface area (TPSA) is 65.2 Å². The van der Waals surface area contributed by atoms with Gasteiger partial charge in [0.05, 0.1) is 0 Å². The van der Waals surface area contributed by atoms with Gasteiger partial charge in [0.1, 0.15) is 11.5 Å². The standard InChI is InChI=1S/C22H14N2O3/c1-3-19(25-17(1)15-7-11-23-12-8-15)21-5-6-22(27-21)20-4-2-18(26-20)16-9-13-24-14-10-16/h1-14H. The van der Waals surface area contributed by atoms with Crippen LogP contribution in [-0.4, -0.2) is 9.97 Å². The van der Waals surface area contributed by atoms with E-state index in [9.17, 15) is 0 Å². The van der Waals surface area contributed by atoms with Gasteiger partial charge in [0.2, 0.25) is 0 Å². The molecule has 5 heterocycles. The lowest BCUT2D eigenvalue weighted by Gasteiger charge is -1.96. The van der Waals surface area contributed by atoms with Gasteiger partial charge in [-0.3, -0.25) is 9.97 Å². The average Bonchev–Trinajstić information content (AvgIpc) is 3.49. The van der Waals surface area contributed by atoms with Crippen molar-refractivity contribution in [1.29, 1.82) is 0 Å². The first-order valence-electron chi connectivity index (χ1n) is 8.48. The minimum absolute atomic E-state index is 0.646. The quantitative estimate of drug-likeness (QED) is 0.400. The van der Waals surface area contributed by atoms with Crippen molar-refractivity contribution in [3.8, 4) is 45.7 Å². The summed E-state index contributed by atoms with van der Waals surface area (Å²) in [6, 6.07) is 19.0. The molecule has 0 amide bonds. The highest BCUT2D eigenvalue weighted by Gasteiger charge is 2.14. The number of furan rings is 3. The van der Waals surface area contributed by atoms with Gasteiger partial charge in [-0.1, -0.05) is 0 Å². The van der Waals surface area contributed by atoms with Crippen LogP contribution in [0.5, 0.6) is 0 Å². The monoisotopic (exact) mass is 354 g/mol. The highest BCUT2D eigenvalue weighted by molar-refractivity contribution is 5.65. The molecule has 0 atom stereocenters. The zero-order chi connectivity index (χ0) is 18.1. The molecule has 0 spiro atoms. The van der Waals surface area contributed by atoms with Gasteiger partial charge in [0.15, 0.2) is 23.0 Å². The SMILES string of the molecule is c1cc(-c2ccc(-c3ccc(-c4ccc(-c5ccncc5)o4)o3)o2)ccn1. The smallest absolute Gasteiger partial charge is 0.170 e. The maximum atomic E-state index is 5.94. The molecule has 5 aromatic heterocycles. The highest BCUT2D eigenvalue weighted by atomic mass is 16.4. The second-order valence-electron chi connectivity index (χ2n) is 5.96. The lowest BCUT2D eigenvalue weighted by Crippen LogP contribution is -1.74. The van der Waals surface area contributed by atoms with Crippen LogP contribution in [-0.2, 0) is 0 Å². The van der Waals surface area contributed by atoms with E-state index in [2.05, 4.69) is 9.97 Å². The van der Waals surface area contributed by atoms with Crippen LogP contribution in [0.4, 0.5) is 0 Å². The van der Waals surface area contributed by atoms with E-state index in [4.69, 9.17) is 13.3 Å². The van der Waals surface area contributed by atoms with E-state index in [1.807, 2.05) is 60.7 Å². The molecular weight excluding hydrogens is 340 g/mol. The van der Waals surface area contributed by atoms with Crippen molar-refractivity contribution in [1.82, 2.24) is 9.97 Å². The fraction of sp³-hybridized carbons (Fsp3) is 0. The minimum atomic E-state index is 0.646. The van der Waals surface area contributed by atoms with Crippen LogP contribution < -0.4 is 0 Å². The zero-order valence-corrected chi connectivity index (χ0v) is 14.2. The molecule has 0 aliphatic rings. The van der Waals surface area contributed by atoms with Gasteiger partial charge in [-0.15, -0.1) is 0 Å². The zero-order valence-electron chi connectivity index (χ0n) is 14.2. The number of rotatable bonds is 4. The van der Waals surface area contributed by atoms with E-state index >= 15 is 0 Å². The molecule has 0 bridgehead atoms. The predicted molar refractivity (Wildman–Crippen MR) is 101 cm³/mol. The first-order chi connectivity index (χ1) is 13.4. The first kappa shape index (κ1) is 15.4. The van der Waals surface area contributed by atoms with E-state index in [-0.39, 0.29) is 0 Å².